The molecule has 1 aromatic carbocycles. The Labute approximate surface area is 113 Å². The van der Waals surface area contributed by atoms with Crippen molar-refractivity contribution in [2.24, 2.45) is 0 Å². The lowest BCUT2D eigenvalue weighted by molar-refractivity contribution is -0.0221. The maximum Gasteiger partial charge on any atom is 0.0816 e. The second kappa shape index (κ2) is 6.53. The van der Waals surface area contributed by atoms with E-state index in [1.54, 1.807) is 0 Å². The summed E-state index contributed by atoms with van der Waals surface area (Å²) in [4.78, 5) is 2.33. The summed E-state index contributed by atoms with van der Waals surface area (Å²) < 4.78 is 5.49. The van der Waals surface area contributed by atoms with Gasteiger partial charge in [0.25, 0.3) is 0 Å². The summed E-state index contributed by atoms with van der Waals surface area (Å²) in [5, 5.41) is 10.8. The van der Waals surface area contributed by atoms with Gasteiger partial charge in [0.2, 0.25) is 0 Å². The smallest absolute Gasteiger partial charge is 0.0816 e. The maximum atomic E-state index is 10.2. The first kappa shape index (κ1) is 13.8. The summed E-state index contributed by atoms with van der Waals surface area (Å²) in [6.07, 6.45) is 0.504. The number of halogens is 1. The molecule has 0 radical (unpaired) electrons. The Hall–Kier alpha value is -0.610. The Morgan fingerprint density at radius 1 is 1.50 bits per heavy atom. The number of aliphatic hydroxyl groups excluding tert-OH is 1. The first-order valence-electron chi connectivity index (χ1n) is 6.43. The molecule has 2 unspecified atom stereocenters. The largest absolute Gasteiger partial charge is 0.388 e. The van der Waals surface area contributed by atoms with E-state index < -0.39 is 6.10 Å². The van der Waals surface area contributed by atoms with Crippen LogP contribution in [0, 0.1) is 0 Å². The van der Waals surface area contributed by atoms with Gasteiger partial charge in [-0.05, 0) is 25.0 Å². The van der Waals surface area contributed by atoms with Crippen molar-refractivity contribution in [2.75, 3.05) is 26.2 Å². The van der Waals surface area contributed by atoms with Crippen LogP contribution in [0.3, 0.4) is 0 Å². The highest BCUT2D eigenvalue weighted by molar-refractivity contribution is 6.31. The Kier molecular flexibility index (Phi) is 5.01. The molecule has 0 aromatic heterocycles. The molecule has 0 aliphatic carbocycles. The minimum atomic E-state index is -0.489. The van der Waals surface area contributed by atoms with E-state index in [1.165, 1.54) is 0 Å². The quantitative estimate of drug-likeness (QED) is 0.912. The molecule has 1 saturated heterocycles. The molecular formula is C14H20ClNO2. The van der Waals surface area contributed by atoms with Crippen molar-refractivity contribution in [3.63, 3.8) is 0 Å². The molecule has 2 atom stereocenters. The maximum absolute atomic E-state index is 10.2. The first-order valence-corrected chi connectivity index (χ1v) is 6.81. The minimum absolute atomic E-state index is 0.288. The number of nitrogens with zero attached hydrogens (tertiary/aromatic N) is 1. The topological polar surface area (TPSA) is 32.7 Å². The fraction of sp³-hybridized carbons (Fsp3) is 0.571. The number of morpholine rings is 1. The third kappa shape index (κ3) is 3.69. The normalized spacial score (nSPS) is 22.9. The summed E-state index contributed by atoms with van der Waals surface area (Å²) in [5.74, 6) is 0. The van der Waals surface area contributed by atoms with Crippen molar-refractivity contribution in [3.8, 4) is 0 Å². The molecule has 0 amide bonds. The van der Waals surface area contributed by atoms with Crippen LogP contribution in [0.4, 0.5) is 0 Å². The summed E-state index contributed by atoms with van der Waals surface area (Å²) in [6, 6.07) is 7.48. The lowest BCUT2D eigenvalue weighted by Crippen LogP contribution is -2.41. The molecule has 1 aliphatic rings. The van der Waals surface area contributed by atoms with Crippen molar-refractivity contribution in [1.29, 1.82) is 0 Å². The molecule has 100 valence electrons. The monoisotopic (exact) mass is 269 g/mol. The van der Waals surface area contributed by atoms with Crippen LogP contribution in [-0.4, -0.2) is 42.4 Å². The average molecular weight is 270 g/mol. The van der Waals surface area contributed by atoms with Crippen LogP contribution in [0.25, 0.3) is 0 Å². The zero-order valence-electron chi connectivity index (χ0n) is 10.7. The molecule has 0 bridgehead atoms. The Morgan fingerprint density at radius 2 is 2.28 bits per heavy atom. The van der Waals surface area contributed by atoms with Gasteiger partial charge in [-0.2, -0.15) is 0 Å². The lowest BCUT2D eigenvalue weighted by Gasteiger charge is -2.31. The number of benzene rings is 1. The second-order valence-electron chi connectivity index (χ2n) is 4.81. The van der Waals surface area contributed by atoms with E-state index in [0.717, 1.165) is 31.8 Å². The second-order valence-corrected chi connectivity index (χ2v) is 5.22. The van der Waals surface area contributed by atoms with E-state index in [4.69, 9.17) is 16.3 Å². The van der Waals surface area contributed by atoms with Crippen molar-refractivity contribution < 1.29 is 9.84 Å². The van der Waals surface area contributed by atoms with Crippen molar-refractivity contribution >= 4 is 11.6 Å². The van der Waals surface area contributed by atoms with Crippen LogP contribution in [0.15, 0.2) is 24.3 Å². The van der Waals surface area contributed by atoms with Gasteiger partial charge in [-0.15, -0.1) is 0 Å². The summed E-state index contributed by atoms with van der Waals surface area (Å²) in [5.41, 5.74) is 0.820. The van der Waals surface area contributed by atoms with Crippen LogP contribution in [-0.2, 0) is 4.74 Å². The molecule has 18 heavy (non-hydrogen) atoms. The van der Waals surface area contributed by atoms with Crippen LogP contribution >= 0.6 is 11.6 Å². The van der Waals surface area contributed by atoms with Crippen molar-refractivity contribution in [2.45, 2.75) is 25.6 Å². The molecule has 1 aromatic rings. The molecule has 1 heterocycles. The molecule has 1 aliphatic heterocycles. The highest BCUT2D eigenvalue weighted by Crippen LogP contribution is 2.25. The fourth-order valence-corrected chi connectivity index (χ4v) is 2.56. The average Bonchev–Trinajstić information content (AvgIpc) is 2.37. The highest BCUT2D eigenvalue weighted by Gasteiger charge is 2.18. The number of hydrogen-bond donors (Lipinski definition) is 1. The van der Waals surface area contributed by atoms with Gasteiger partial charge in [0.05, 0.1) is 18.8 Å². The number of hydrogen-bond acceptors (Lipinski definition) is 3. The molecule has 1 N–H and O–H groups in total. The SMILES string of the molecule is CC1CN(CCC(O)c2ccccc2Cl)CCO1. The van der Waals surface area contributed by atoms with Crippen LogP contribution < -0.4 is 0 Å². The lowest BCUT2D eigenvalue weighted by atomic mass is 10.1. The third-order valence-electron chi connectivity index (χ3n) is 3.31. The van der Waals surface area contributed by atoms with Crippen molar-refractivity contribution in [3.05, 3.63) is 34.9 Å². The van der Waals surface area contributed by atoms with Gasteiger partial charge in [0.1, 0.15) is 0 Å². The Bertz CT molecular complexity index is 386. The van der Waals surface area contributed by atoms with Gasteiger partial charge in [0, 0.05) is 24.7 Å². The molecule has 4 heteroatoms. The Morgan fingerprint density at radius 3 is 3.00 bits per heavy atom. The number of aliphatic hydroxyl groups is 1. The molecular weight excluding hydrogens is 250 g/mol. The van der Waals surface area contributed by atoms with E-state index in [1.807, 2.05) is 24.3 Å². The zero-order chi connectivity index (χ0) is 13.0. The van der Waals surface area contributed by atoms with E-state index in [9.17, 15) is 5.11 Å². The van der Waals surface area contributed by atoms with Crippen LogP contribution in [0.2, 0.25) is 5.02 Å². The van der Waals surface area contributed by atoms with Crippen LogP contribution in [0.1, 0.15) is 25.0 Å². The number of rotatable bonds is 4. The Balaban J connectivity index is 1.84. The van der Waals surface area contributed by atoms with E-state index >= 15 is 0 Å². The van der Waals surface area contributed by atoms with Crippen molar-refractivity contribution in [1.82, 2.24) is 4.90 Å². The third-order valence-corrected chi connectivity index (χ3v) is 3.65. The summed E-state index contributed by atoms with van der Waals surface area (Å²) >= 11 is 6.07. The molecule has 0 spiro atoms. The molecule has 3 nitrogen and oxygen atoms in total. The predicted molar refractivity (Wildman–Crippen MR) is 72.9 cm³/mol. The molecule has 2 rings (SSSR count). The van der Waals surface area contributed by atoms with Gasteiger partial charge >= 0.3 is 0 Å². The molecule has 0 saturated carbocycles. The van der Waals surface area contributed by atoms with Gasteiger partial charge in [-0.25, -0.2) is 0 Å². The zero-order valence-corrected chi connectivity index (χ0v) is 11.4. The van der Waals surface area contributed by atoms with Gasteiger partial charge in [-0.3, -0.25) is 4.90 Å². The highest BCUT2D eigenvalue weighted by atomic mass is 35.5. The molecule has 1 fully saturated rings. The minimum Gasteiger partial charge on any atom is -0.388 e. The fourth-order valence-electron chi connectivity index (χ4n) is 2.30. The van der Waals surface area contributed by atoms with E-state index in [2.05, 4.69) is 11.8 Å². The van der Waals surface area contributed by atoms with Gasteiger partial charge in [-0.1, -0.05) is 29.8 Å². The standard InChI is InChI=1S/C14H20ClNO2/c1-11-10-16(8-9-18-11)7-6-14(17)12-4-2-3-5-13(12)15/h2-5,11,14,17H,6-10H2,1H3. The summed E-state index contributed by atoms with van der Waals surface area (Å²) in [7, 11) is 0. The van der Waals surface area contributed by atoms with Gasteiger partial charge < -0.3 is 9.84 Å². The predicted octanol–water partition coefficient (Wildman–Crippen LogP) is 2.48. The number of ether oxygens (including phenoxy) is 1. The van der Waals surface area contributed by atoms with Crippen LogP contribution in [0.5, 0.6) is 0 Å². The first-order chi connectivity index (χ1) is 8.66. The van der Waals surface area contributed by atoms with Gasteiger partial charge in [0.15, 0.2) is 0 Å². The van der Waals surface area contributed by atoms with E-state index in [-0.39, 0.29) is 6.10 Å². The summed E-state index contributed by atoms with van der Waals surface area (Å²) in [6.45, 7) is 5.62. The van der Waals surface area contributed by atoms with E-state index in [0.29, 0.717) is 11.4 Å².